The van der Waals surface area contributed by atoms with Gasteiger partial charge in [0, 0.05) is 40.4 Å². The summed E-state index contributed by atoms with van der Waals surface area (Å²) < 4.78 is 2.42. The minimum Gasteiger partial charge on any atom is -0.344 e. The van der Waals surface area contributed by atoms with Crippen LogP contribution in [-0.2, 0) is 0 Å². The van der Waals surface area contributed by atoms with E-state index in [1.54, 1.807) is 0 Å². The normalized spacial score (nSPS) is 12.7. The van der Waals surface area contributed by atoms with E-state index in [4.69, 9.17) is 0 Å². The van der Waals surface area contributed by atoms with Crippen LogP contribution in [0.2, 0.25) is 0 Å². The third-order valence-corrected chi connectivity index (χ3v) is 10.2. The van der Waals surface area contributed by atoms with Crippen molar-refractivity contribution < 1.29 is 0 Å². The van der Waals surface area contributed by atoms with Crippen LogP contribution in [0, 0.1) is 0 Å². The Labute approximate surface area is 299 Å². The fourth-order valence-corrected chi connectivity index (χ4v) is 7.59. The van der Waals surface area contributed by atoms with Crippen LogP contribution in [0.25, 0.3) is 66.4 Å². The van der Waals surface area contributed by atoms with Gasteiger partial charge in [-0.05, 0) is 106 Å². The Hall–Kier alpha value is -6.38. The number of allylic oxidation sites excluding steroid dienone is 4. The van der Waals surface area contributed by atoms with Gasteiger partial charge in [-0.15, -0.1) is 0 Å². The number of hydrogen-bond acceptors (Lipinski definition) is 1. The van der Waals surface area contributed by atoms with E-state index in [2.05, 4.69) is 205 Å². The van der Waals surface area contributed by atoms with Crippen LogP contribution in [0.15, 0.2) is 188 Å². The molecule has 1 aliphatic rings. The first-order chi connectivity index (χ1) is 25.2. The van der Waals surface area contributed by atoms with Gasteiger partial charge in [0.2, 0.25) is 0 Å². The second-order valence-electron chi connectivity index (χ2n) is 13.3. The van der Waals surface area contributed by atoms with Crippen molar-refractivity contribution in [1.29, 1.82) is 0 Å². The van der Waals surface area contributed by atoms with E-state index in [0.29, 0.717) is 0 Å². The van der Waals surface area contributed by atoms with Gasteiger partial charge in [-0.3, -0.25) is 0 Å². The molecule has 7 aromatic carbocycles. The zero-order valence-corrected chi connectivity index (χ0v) is 28.7. The minimum absolute atomic E-state index is 1.10. The third kappa shape index (κ3) is 5.75. The molecule has 2 nitrogen and oxygen atoms in total. The summed E-state index contributed by atoms with van der Waals surface area (Å²) in [7, 11) is 2.16. The molecule has 9 rings (SSSR count). The largest absolute Gasteiger partial charge is 0.344 e. The van der Waals surface area contributed by atoms with Gasteiger partial charge in [-0.25, -0.2) is 0 Å². The molecule has 0 aliphatic heterocycles. The standard InChI is InChI=1S/C49H38N2/c1-50(42-28-24-37(25-29-42)35-14-5-2-6-15-35)47-30-26-40(33-45(47)38-18-9-4-10-19-38)41-27-31-49-46(34-41)44-22-11-12-23-48(44)51(49)43-21-13-20-39(32-43)36-16-7-3-8-17-36/h2,4-7,9-34H,3,8H2,1H3. The molecule has 0 spiro atoms. The van der Waals surface area contributed by atoms with Crippen molar-refractivity contribution in [3.8, 4) is 39.1 Å². The minimum atomic E-state index is 1.10. The summed E-state index contributed by atoms with van der Waals surface area (Å²) >= 11 is 0. The number of para-hydroxylation sites is 1. The van der Waals surface area contributed by atoms with Crippen LogP contribution in [0.5, 0.6) is 0 Å². The molecule has 0 saturated heterocycles. The number of nitrogens with zero attached hydrogens (tertiary/aromatic N) is 2. The molecule has 0 amide bonds. The lowest BCUT2D eigenvalue weighted by Crippen LogP contribution is -2.10. The molecular weight excluding hydrogens is 617 g/mol. The molecular formula is C49H38N2. The second-order valence-corrected chi connectivity index (χ2v) is 13.3. The van der Waals surface area contributed by atoms with Gasteiger partial charge in [-0.2, -0.15) is 0 Å². The highest BCUT2D eigenvalue weighted by molar-refractivity contribution is 6.10. The Bertz CT molecular complexity index is 2570. The van der Waals surface area contributed by atoms with Crippen LogP contribution < -0.4 is 4.90 Å². The number of aromatic nitrogens is 1. The zero-order chi connectivity index (χ0) is 34.1. The number of anilines is 2. The van der Waals surface area contributed by atoms with Gasteiger partial charge < -0.3 is 9.47 Å². The average Bonchev–Trinajstić information content (AvgIpc) is 3.55. The maximum Gasteiger partial charge on any atom is 0.0541 e. The molecule has 2 heteroatoms. The molecule has 0 bridgehead atoms. The number of benzene rings is 7. The predicted molar refractivity (Wildman–Crippen MR) is 218 cm³/mol. The Morgan fingerprint density at radius 2 is 1.12 bits per heavy atom. The van der Waals surface area contributed by atoms with Crippen molar-refractivity contribution in [1.82, 2.24) is 4.57 Å². The fourth-order valence-electron chi connectivity index (χ4n) is 7.59. The van der Waals surface area contributed by atoms with E-state index in [-0.39, 0.29) is 0 Å². The van der Waals surface area contributed by atoms with Crippen molar-refractivity contribution in [3.63, 3.8) is 0 Å². The molecule has 0 unspecified atom stereocenters. The van der Waals surface area contributed by atoms with Crippen molar-refractivity contribution in [2.75, 3.05) is 11.9 Å². The molecule has 1 aromatic heterocycles. The van der Waals surface area contributed by atoms with Crippen molar-refractivity contribution in [3.05, 3.63) is 194 Å². The summed E-state index contributed by atoms with van der Waals surface area (Å²) in [6, 6.07) is 61.8. The zero-order valence-electron chi connectivity index (χ0n) is 28.7. The topological polar surface area (TPSA) is 8.17 Å². The number of fused-ring (bicyclic) bond motifs is 3. The van der Waals surface area contributed by atoms with Crippen LogP contribution >= 0.6 is 0 Å². The summed E-state index contributed by atoms with van der Waals surface area (Å²) in [5.74, 6) is 0. The van der Waals surface area contributed by atoms with Crippen molar-refractivity contribution in [2.24, 2.45) is 0 Å². The lowest BCUT2D eigenvalue weighted by molar-refractivity contribution is 1.04. The Balaban J connectivity index is 1.13. The highest BCUT2D eigenvalue weighted by Crippen LogP contribution is 2.40. The highest BCUT2D eigenvalue weighted by Gasteiger charge is 2.17. The van der Waals surface area contributed by atoms with Crippen molar-refractivity contribution in [2.45, 2.75) is 12.8 Å². The van der Waals surface area contributed by atoms with Gasteiger partial charge in [0.15, 0.2) is 0 Å². The maximum atomic E-state index is 2.42. The Morgan fingerprint density at radius 1 is 0.471 bits per heavy atom. The predicted octanol–water partition coefficient (Wildman–Crippen LogP) is 13.3. The molecule has 244 valence electrons. The van der Waals surface area contributed by atoms with E-state index in [1.807, 2.05) is 0 Å². The molecule has 1 aliphatic carbocycles. The molecule has 8 aromatic rings. The third-order valence-electron chi connectivity index (χ3n) is 10.2. The SMILES string of the molecule is CN(c1ccc(-c2ccccc2)cc1)c1ccc(-c2ccc3c(c2)c2ccccc2n3-c2cccc(C3=CCCC=C3)c2)cc1-c1ccccc1. The lowest BCUT2D eigenvalue weighted by Gasteiger charge is -2.24. The van der Waals surface area contributed by atoms with Gasteiger partial charge in [-0.1, -0.05) is 133 Å². The summed E-state index contributed by atoms with van der Waals surface area (Å²) in [5, 5.41) is 2.52. The van der Waals surface area contributed by atoms with E-state index < -0.39 is 0 Å². The quantitative estimate of drug-likeness (QED) is 0.166. The molecule has 0 N–H and O–H groups in total. The maximum absolute atomic E-state index is 2.42. The van der Waals surface area contributed by atoms with Crippen LogP contribution in [0.1, 0.15) is 18.4 Å². The summed E-state index contributed by atoms with van der Waals surface area (Å²) in [5.41, 5.74) is 15.7. The smallest absolute Gasteiger partial charge is 0.0541 e. The van der Waals surface area contributed by atoms with E-state index >= 15 is 0 Å². The molecule has 0 saturated carbocycles. The second kappa shape index (κ2) is 13.2. The number of hydrogen-bond donors (Lipinski definition) is 0. The van der Waals surface area contributed by atoms with Gasteiger partial charge in [0.05, 0.1) is 11.0 Å². The Kier molecular flexibility index (Phi) is 7.91. The molecule has 0 atom stereocenters. The molecule has 0 fully saturated rings. The van der Waals surface area contributed by atoms with E-state index in [0.717, 1.165) is 24.2 Å². The van der Waals surface area contributed by atoms with Crippen molar-refractivity contribution >= 4 is 38.8 Å². The van der Waals surface area contributed by atoms with E-state index in [1.165, 1.54) is 72.0 Å². The van der Waals surface area contributed by atoms with Crippen LogP contribution in [0.3, 0.4) is 0 Å². The summed E-state index contributed by atoms with van der Waals surface area (Å²) in [4.78, 5) is 2.30. The first-order valence-corrected chi connectivity index (χ1v) is 17.8. The van der Waals surface area contributed by atoms with Crippen LogP contribution in [0.4, 0.5) is 11.4 Å². The monoisotopic (exact) mass is 654 g/mol. The Morgan fingerprint density at radius 3 is 1.90 bits per heavy atom. The van der Waals surface area contributed by atoms with Gasteiger partial charge >= 0.3 is 0 Å². The summed E-state index contributed by atoms with van der Waals surface area (Å²) in [6.07, 6.45) is 9.11. The van der Waals surface area contributed by atoms with Gasteiger partial charge in [0.1, 0.15) is 0 Å². The van der Waals surface area contributed by atoms with Crippen LogP contribution in [-0.4, -0.2) is 11.6 Å². The van der Waals surface area contributed by atoms with E-state index in [9.17, 15) is 0 Å². The average molecular weight is 655 g/mol. The highest BCUT2D eigenvalue weighted by atomic mass is 15.1. The summed E-state index contributed by atoms with van der Waals surface area (Å²) in [6.45, 7) is 0. The molecule has 0 radical (unpaired) electrons. The fraction of sp³-hybridized carbons (Fsp3) is 0.0612. The first-order valence-electron chi connectivity index (χ1n) is 17.8. The van der Waals surface area contributed by atoms with Gasteiger partial charge in [0.25, 0.3) is 0 Å². The molecule has 51 heavy (non-hydrogen) atoms. The number of rotatable bonds is 7. The lowest BCUT2D eigenvalue weighted by atomic mass is 9.95. The first kappa shape index (κ1) is 30.7. The molecule has 1 heterocycles.